The van der Waals surface area contributed by atoms with Crippen molar-refractivity contribution in [2.75, 3.05) is 0 Å². The van der Waals surface area contributed by atoms with Crippen molar-refractivity contribution in [1.82, 2.24) is 10.4 Å². The Morgan fingerprint density at radius 2 is 1.95 bits per heavy atom. The number of hydrogen-bond donors (Lipinski definition) is 1. The summed E-state index contributed by atoms with van der Waals surface area (Å²) < 4.78 is 1.39. The number of benzene rings is 1. The lowest BCUT2D eigenvalue weighted by atomic mass is 10.00. The van der Waals surface area contributed by atoms with Gasteiger partial charge in [-0.15, -0.1) is 11.3 Å². The summed E-state index contributed by atoms with van der Waals surface area (Å²) in [5.74, 6) is 0. The first kappa shape index (κ1) is 13.1. The first-order valence-electron chi connectivity index (χ1n) is 7.22. The van der Waals surface area contributed by atoms with Gasteiger partial charge in [0.15, 0.2) is 0 Å². The molecule has 2 unspecified atom stereocenters. The Bertz CT molecular complexity index is 538. The van der Waals surface area contributed by atoms with E-state index in [4.69, 9.17) is 0 Å². The number of hydrazine groups is 1. The van der Waals surface area contributed by atoms with Crippen LogP contribution in [-0.4, -0.2) is 17.1 Å². The first-order valence-corrected chi connectivity index (χ1v) is 8.10. The molecular weight excluding hydrogens is 252 g/mol. The Balaban J connectivity index is 1.71. The summed E-state index contributed by atoms with van der Waals surface area (Å²) in [5.41, 5.74) is 5.08. The fraction of sp³-hybridized carbons (Fsp3) is 0.500. The zero-order chi connectivity index (χ0) is 13.2. The van der Waals surface area contributed by atoms with Gasteiger partial charge in [-0.3, -0.25) is 5.43 Å². The lowest BCUT2D eigenvalue weighted by molar-refractivity contribution is 0.0437. The predicted octanol–water partition coefficient (Wildman–Crippen LogP) is 4.17. The van der Waals surface area contributed by atoms with Gasteiger partial charge in [0, 0.05) is 23.3 Å². The molecule has 0 saturated carbocycles. The molecule has 3 heteroatoms. The van der Waals surface area contributed by atoms with Crippen molar-refractivity contribution in [3.05, 3.63) is 35.2 Å². The van der Waals surface area contributed by atoms with Crippen LogP contribution >= 0.6 is 11.3 Å². The second kappa shape index (κ2) is 5.61. The quantitative estimate of drug-likeness (QED) is 0.903. The van der Waals surface area contributed by atoms with Crippen LogP contribution in [0.15, 0.2) is 29.6 Å². The number of piperidine rings is 1. The Labute approximate surface area is 119 Å². The van der Waals surface area contributed by atoms with Gasteiger partial charge in [-0.1, -0.05) is 24.6 Å². The van der Waals surface area contributed by atoms with E-state index in [1.165, 1.54) is 34.9 Å². The van der Waals surface area contributed by atoms with Crippen LogP contribution in [0.5, 0.6) is 0 Å². The molecule has 1 fully saturated rings. The molecule has 3 rings (SSSR count). The van der Waals surface area contributed by atoms with Gasteiger partial charge >= 0.3 is 0 Å². The SMILES string of the molecule is CC1CCCC(C)N1NCc1csc2ccccc12. The number of fused-ring (bicyclic) bond motifs is 1. The molecule has 1 aliphatic rings. The number of hydrogen-bond acceptors (Lipinski definition) is 3. The largest absolute Gasteiger partial charge is 0.250 e. The molecule has 0 amide bonds. The van der Waals surface area contributed by atoms with Crippen LogP contribution in [-0.2, 0) is 6.54 Å². The molecule has 1 N–H and O–H groups in total. The fourth-order valence-corrected chi connectivity index (χ4v) is 4.04. The third kappa shape index (κ3) is 2.69. The summed E-state index contributed by atoms with van der Waals surface area (Å²) >= 11 is 1.84. The minimum atomic E-state index is 0.647. The van der Waals surface area contributed by atoms with Crippen LogP contribution in [0, 0.1) is 0 Å². The summed E-state index contributed by atoms with van der Waals surface area (Å²) in [6, 6.07) is 9.97. The molecule has 0 spiro atoms. The van der Waals surface area contributed by atoms with Crippen LogP contribution in [0.1, 0.15) is 38.7 Å². The van der Waals surface area contributed by atoms with Crippen molar-refractivity contribution < 1.29 is 0 Å². The van der Waals surface area contributed by atoms with Crippen molar-refractivity contribution in [2.24, 2.45) is 0 Å². The van der Waals surface area contributed by atoms with E-state index in [2.05, 4.69) is 53.9 Å². The smallest absolute Gasteiger partial charge is 0.0368 e. The molecule has 102 valence electrons. The number of nitrogens with one attached hydrogen (secondary N) is 1. The fourth-order valence-electron chi connectivity index (χ4n) is 3.08. The molecule has 1 aliphatic heterocycles. The van der Waals surface area contributed by atoms with Gasteiger partial charge < -0.3 is 0 Å². The number of nitrogens with zero attached hydrogens (tertiary/aromatic N) is 1. The standard InChI is InChI=1S/C16H22N2S/c1-12-6-5-7-13(2)18(12)17-10-14-11-19-16-9-4-3-8-15(14)16/h3-4,8-9,11-13,17H,5-7,10H2,1-2H3. The van der Waals surface area contributed by atoms with Crippen LogP contribution in [0.4, 0.5) is 0 Å². The molecule has 1 aromatic carbocycles. The van der Waals surface area contributed by atoms with Crippen LogP contribution in [0.25, 0.3) is 10.1 Å². The van der Waals surface area contributed by atoms with Crippen molar-refractivity contribution in [3.63, 3.8) is 0 Å². The van der Waals surface area contributed by atoms with E-state index in [0.29, 0.717) is 12.1 Å². The molecule has 2 nitrogen and oxygen atoms in total. The number of rotatable bonds is 3. The van der Waals surface area contributed by atoms with E-state index in [1.807, 2.05) is 11.3 Å². The van der Waals surface area contributed by atoms with Gasteiger partial charge in [0.2, 0.25) is 0 Å². The number of thiophene rings is 1. The second-order valence-electron chi connectivity index (χ2n) is 5.63. The third-order valence-corrected chi connectivity index (χ3v) is 5.22. The molecule has 2 aromatic rings. The average Bonchev–Trinajstić information content (AvgIpc) is 2.82. The maximum Gasteiger partial charge on any atom is 0.0368 e. The van der Waals surface area contributed by atoms with E-state index in [9.17, 15) is 0 Å². The highest BCUT2D eigenvalue weighted by atomic mass is 32.1. The van der Waals surface area contributed by atoms with Gasteiger partial charge in [-0.25, -0.2) is 5.01 Å². The summed E-state index contributed by atoms with van der Waals surface area (Å²) in [5, 5.41) is 6.14. The normalized spacial score (nSPS) is 24.9. The molecular formula is C16H22N2S. The molecule has 0 bridgehead atoms. The Kier molecular flexibility index (Phi) is 3.87. The lowest BCUT2D eigenvalue weighted by Gasteiger charge is -2.39. The third-order valence-electron chi connectivity index (χ3n) is 4.21. The molecule has 2 atom stereocenters. The summed E-state index contributed by atoms with van der Waals surface area (Å²) in [6.07, 6.45) is 3.98. The van der Waals surface area contributed by atoms with Crippen molar-refractivity contribution in [3.8, 4) is 0 Å². The predicted molar refractivity (Wildman–Crippen MR) is 83.3 cm³/mol. The van der Waals surface area contributed by atoms with Gasteiger partial charge in [0.25, 0.3) is 0 Å². The van der Waals surface area contributed by atoms with Gasteiger partial charge in [0.1, 0.15) is 0 Å². The van der Waals surface area contributed by atoms with Gasteiger partial charge in [-0.05, 0) is 49.1 Å². The van der Waals surface area contributed by atoms with E-state index < -0.39 is 0 Å². The van der Waals surface area contributed by atoms with Gasteiger partial charge in [-0.2, -0.15) is 0 Å². The molecule has 0 radical (unpaired) electrons. The van der Waals surface area contributed by atoms with Gasteiger partial charge in [0.05, 0.1) is 0 Å². The summed E-state index contributed by atoms with van der Waals surface area (Å²) in [7, 11) is 0. The van der Waals surface area contributed by atoms with E-state index in [0.717, 1.165) is 6.54 Å². The van der Waals surface area contributed by atoms with Crippen molar-refractivity contribution in [1.29, 1.82) is 0 Å². The van der Waals surface area contributed by atoms with Crippen molar-refractivity contribution in [2.45, 2.75) is 51.7 Å². The Hall–Kier alpha value is -0.900. The minimum absolute atomic E-state index is 0.647. The van der Waals surface area contributed by atoms with Crippen LogP contribution in [0.2, 0.25) is 0 Å². The summed E-state index contributed by atoms with van der Waals surface area (Å²) in [6.45, 7) is 5.60. The molecule has 1 aromatic heterocycles. The first-order chi connectivity index (χ1) is 9.25. The van der Waals surface area contributed by atoms with E-state index in [-0.39, 0.29) is 0 Å². The second-order valence-corrected chi connectivity index (χ2v) is 6.54. The van der Waals surface area contributed by atoms with Crippen LogP contribution in [0.3, 0.4) is 0 Å². The summed E-state index contributed by atoms with van der Waals surface area (Å²) in [4.78, 5) is 0. The zero-order valence-corrected chi connectivity index (χ0v) is 12.5. The highest BCUT2D eigenvalue weighted by molar-refractivity contribution is 7.17. The Morgan fingerprint density at radius 1 is 1.21 bits per heavy atom. The monoisotopic (exact) mass is 274 g/mol. The Morgan fingerprint density at radius 3 is 2.74 bits per heavy atom. The maximum absolute atomic E-state index is 3.66. The van der Waals surface area contributed by atoms with E-state index >= 15 is 0 Å². The van der Waals surface area contributed by atoms with Crippen molar-refractivity contribution >= 4 is 21.4 Å². The average molecular weight is 274 g/mol. The van der Waals surface area contributed by atoms with E-state index in [1.54, 1.807) is 0 Å². The molecule has 1 saturated heterocycles. The minimum Gasteiger partial charge on any atom is -0.250 e. The van der Waals surface area contributed by atoms with Crippen LogP contribution < -0.4 is 5.43 Å². The molecule has 2 heterocycles. The molecule has 0 aliphatic carbocycles. The zero-order valence-electron chi connectivity index (χ0n) is 11.7. The molecule has 19 heavy (non-hydrogen) atoms. The lowest BCUT2D eigenvalue weighted by Crippen LogP contribution is -2.51. The highest BCUT2D eigenvalue weighted by Gasteiger charge is 2.24. The maximum atomic E-state index is 3.66. The highest BCUT2D eigenvalue weighted by Crippen LogP contribution is 2.26. The topological polar surface area (TPSA) is 15.3 Å².